The molecule has 1 aromatic carbocycles. The Hall–Kier alpha value is -3.33. The van der Waals surface area contributed by atoms with E-state index in [9.17, 15) is 4.79 Å². The molecule has 0 saturated carbocycles. The van der Waals surface area contributed by atoms with E-state index in [0.29, 0.717) is 13.1 Å². The molecule has 4 heterocycles. The number of likely N-dealkylation sites (N-methyl/N-ethyl adjacent to an activating group) is 1. The third kappa shape index (κ3) is 3.42. The molecule has 1 N–H and O–H groups in total. The minimum atomic E-state index is -0.161. The van der Waals surface area contributed by atoms with Crippen LogP contribution >= 0.6 is 0 Å². The van der Waals surface area contributed by atoms with Gasteiger partial charge in [0.1, 0.15) is 11.6 Å². The Morgan fingerprint density at radius 1 is 1.12 bits per heavy atom. The Balaban J connectivity index is 1.33. The van der Waals surface area contributed by atoms with Crippen molar-refractivity contribution in [2.24, 2.45) is 7.05 Å². The van der Waals surface area contributed by atoms with Gasteiger partial charge in [-0.2, -0.15) is 5.10 Å². The average Bonchev–Trinajstić information content (AvgIpc) is 3.43. The van der Waals surface area contributed by atoms with Crippen LogP contribution in [0.1, 0.15) is 18.7 Å². The van der Waals surface area contributed by atoms with Gasteiger partial charge in [0.2, 0.25) is 0 Å². The minimum absolute atomic E-state index is 0.0778. The number of methoxy groups -OCH3 is 1. The zero-order valence-electron chi connectivity index (χ0n) is 18.8. The second kappa shape index (κ2) is 7.98. The number of aryl methyl sites for hydroxylation is 1. The number of hydrogen-bond acceptors (Lipinski definition) is 5. The number of amides is 2. The molecule has 168 valence electrons. The van der Waals surface area contributed by atoms with Crippen molar-refractivity contribution >= 4 is 11.7 Å². The number of imidazole rings is 1. The fourth-order valence-electron chi connectivity index (χ4n) is 4.98. The van der Waals surface area contributed by atoms with Crippen LogP contribution in [0.5, 0.6) is 5.75 Å². The molecule has 3 aromatic rings. The molecular weight excluding hydrogens is 406 g/mol. The molecule has 9 heteroatoms. The Kier molecular flexibility index (Phi) is 5.13. The van der Waals surface area contributed by atoms with Crippen LogP contribution in [-0.4, -0.2) is 69.0 Å². The fraction of sp³-hybridized carbons (Fsp3) is 0.435. The molecule has 0 radical (unpaired) electrons. The quantitative estimate of drug-likeness (QED) is 0.684. The highest BCUT2D eigenvalue weighted by atomic mass is 16.5. The maximum absolute atomic E-state index is 12.9. The first-order valence-electron chi connectivity index (χ1n) is 11.0. The number of urea groups is 1. The number of benzene rings is 1. The Morgan fingerprint density at radius 2 is 1.94 bits per heavy atom. The summed E-state index contributed by atoms with van der Waals surface area (Å²) >= 11 is 0. The van der Waals surface area contributed by atoms with Gasteiger partial charge in [0, 0.05) is 56.7 Å². The number of hydrogen-bond donors (Lipinski definition) is 1. The van der Waals surface area contributed by atoms with Crippen LogP contribution < -0.4 is 10.1 Å². The van der Waals surface area contributed by atoms with Gasteiger partial charge in [0.25, 0.3) is 0 Å². The first-order chi connectivity index (χ1) is 15.5. The van der Waals surface area contributed by atoms with Gasteiger partial charge in [-0.05, 0) is 32.0 Å². The number of piperidine rings is 1. The van der Waals surface area contributed by atoms with Crippen LogP contribution in [0.4, 0.5) is 10.5 Å². The van der Waals surface area contributed by atoms with Gasteiger partial charge in [-0.1, -0.05) is 6.07 Å². The third-order valence-electron chi connectivity index (χ3n) is 6.86. The molecule has 0 unspecified atom stereocenters. The number of fused-ring (bicyclic) bond motifs is 2. The molecule has 2 amide bonds. The lowest BCUT2D eigenvalue weighted by Crippen LogP contribution is -2.57. The monoisotopic (exact) mass is 435 g/mol. The molecule has 1 spiro atoms. The van der Waals surface area contributed by atoms with Gasteiger partial charge < -0.3 is 19.5 Å². The van der Waals surface area contributed by atoms with E-state index in [2.05, 4.69) is 26.9 Å². The van der Waals surface area contributed by atoms with Crippen LogP contribution in [0.15, 0.2) is 42.9 Å². The van der Waals surface area contributed by atoms with Gasteiger partial charge in [-0.3, -0.25) is 9.58 Å². The minimum Gasteiger partial charge on any atom is -0.497 e. The first kappa shape index (κ1) is 20.6. The van der Waals surface area contributed by atoms with E-state index in [0.717, 1.165) is 54.4 Å². The number of carbonyl (C=O) groups excluding carboxylic acids is 1. The molecule has 9 nitrogen and oxygen atoms in total. The second-order valence-electron chi connectivity index (χ2n) is 8.62. The zero-order valence-corrected chi connectivity index (χ0v) is 18.8. The van der Waals surface area contributed by atoms with E-state index in [4.69, 9.17) is 9.72 Å². The molecule has 2 aliphatic heterocycles. The lowest BCUT2D eigenvalue weighted by molar-refractivity contribution is 0.0201. The van der Waals surface area contributed by atoms with Crippen molar-refractivity contribution in [2.75, 3.05) is 39.1 Å². The molecule has 0 atom stereocenters. The second-order valence-corrected chi connectivity index (χ2v) is 8.62. The number of carbonyl (C=O) groups is 1. The summed E-state index contributed by atoms with van der Waals surface area (Å²) in [5, 5.41) is 7.32. The van der Waals surface area contributed by atoms with Crippen molar-refractivity contribution in [1.29, 1.82) is 0 Å². The summed E-state index contributed by atoms with van der Waals surface area (Å²) in [5.41, 5.74) is 2.77. The van der Waals surface area contributed by atoms with Gasteiger partial charge in [-0.25, -0.2) is 9.78 Å². The topological polar surface area (TPSA) is 80.5 Å². The first-order valence-corrected chi connectivity index (χ1v) is 11.0. The molecular formula is C23H29N7O2. The predicted octanol–water partition coefficient (Wildman–Crippen LogP) is 2.76. The van der Waals surface area contributed by atoms with Crippen LogP contribution in [0.2, 0.25) is 0 Å². The Labute approximate surface area is 187 Å². The lowest BCUT2D eigenvalue weighted by atomic mass is 9.83. The average molecular weight is 436 g/mol. The maximum Gasteiger partial charge on any atom is 0.321 e. The molecule has 2 aliphatic rings. The third-order valence-corrected chi connectivity index (χ3v) is 6.86. The summed E-state index contributed by atoms with van der Waals surface area (Å²) in [6.45, 7) is 3.20. The van der Waals surface area contributed by atoms with E-state index in [1.807, 2.05) is 59.5 Å². The Bertz CT molecular complexity index is 1130. The van der Waals surface area contributed by atoms with E-state index < -0.39 is 0 Å². The fourth-order valence-corrected chi connectivity index (χ4v) is 4.98. The molecule has 5 rings (SSSR count). The maximum atomic E-state index is 12.9. The highest BCUT2D eigenvalue weighted by Crippen LogP contribution is 2.41. The van der Waals surface area contributed by atoms with Crippen LogP contribution in [0.3, 0.4) is 0 Å². The van der Waals surface area contributed by atoms with Crippen molar-refractivity contribution in [2.45, 2.75) is 24.9 Å². The van der Waals surface area contributed by atoms with Crippen LogP contribution in [-0.2, 0) is 19.1 Å². The highest BCUT2D eigenvalue weighted by molar-refractivity contribution is 5.89. The lowest BCUT2D eigenvalue weighted by Gasteiger charge is -2.49. The molecule has 2 aromatic heterocycles. The SMILES string of the molecule is COc1cccc(NC(=O)N2CCC3(CC2)c2ncc(-c4cnn(C)c4)n2CCN3C)c1. The van der Waals surface area contributed by atoms with Crippen LogP contribution in [0, 0.1) is 0 Å². The number of anilines is 1. The number of ether oxygens (including phenoxy) is 1. The Morgan fingerprint density at radius 3 is 2.66 bits per heavy atom. The number of nitrogens with zero attached hydrogens (tertiary/aromatic N) is 6. The normalized spacial score (nSPS) is 17.9. The number of rotatable bonds is 3. The summed E-state index contributed by atoms with van der Waals surface area (Å²) in [5.74, 6) is 1.82. The molecule has 1 saturated heterocycles. The van der Waals surface area contributed by atoms with Gasteiger partial charge >= 0.3 is 6.03 Å². The van der Waals surface area contributed by atoms with Gasteiger partial charge in [-0.15, -0.1) is 0 Å². The summed E-state index contributed by atoms with van der Waals surface area (Å²) in [6.07, 6.45) is 7.58. The molecule has 0 bridgehead atoms. The van der Waals surface area contributed by atoms with E-state index in [1.54, 1.807) is 7.11 Å². The largest absolute Gasteiger partial charge is 0.497 e. The van der Waals surface area contributed by atoms with Crippen molar-refractivity contribution in [3.05, 3.63) is 48.7 Å². The van der Waals surface area contributed by atoms with Crippen molar-refractivity contribution in [3.8, 4) is 17.0 Å². The zero-order chi connectivity index (χ0) is 22.3. The number of aromatic nitrogens is 4. The summed E-state index contributed by atoms with van der Waals surface area (Å²) in [6, 6.07) is 7.36. The molecule has 0 aliphatic carbocycles. The van der Waals surface area contributed by atoms with E-state index >= 15 is 0 Å². The predicted molar refractivity (Wildman–Crippen MR) is 122 cm³/mol. The van der Waals surface area contributed by atoms with Gasteiger partial charge in [0.05, 0.1) is 30.7 Å². The van der Waals surface area contributed by atoms with E-state index in [-0.39, 0.29) is 11.6 Å². The standard InChI is InChI=1S/C23H29N7O2/c1-27-11-12-30-20(17-14-25-28(2)16-17)15-24-21(30)23(27)7-9-29(10-8-23)22(31)26-18-5-4-6-19(13-18)32-3/h4-6,13-16H,7-12H2,1-3H3,(H,26,31). The highest BCUT2D eigenvalue weighted by Gasteiger charge is 2.46. The van der Waals surface area contributed by atoms with Crippen molar-refractivity contribution in [1.82, 2.24) is 29.1 Å². The van der Waals surface area contributed by atoms with E-state index in [1.165, 1.54) is 0 Å². The summed E-state index contributed by atoms with van der Waals surface area (Å²) < 4.78 is 9.41. The van der Waals surface area contributed by atoms with Crippen molar-refractivity contribution < 1.29 is 9.53 Å². The van der Waals surface area contributed by atoms with Gasteiger partial charge in [0.15, 0.2) is 0 Å². The number of likely N-dealkylation sites (tertiary alicyclic amines) is 1. The molecule has 32 heavy (non-hydrogen) atoms. The molecule has 1 fully saturated rings. The summed E-state index contributed by atoms with van der Waals surface area (Å²) in [4.78, 5) is 22.1. The number of nitrogens with one attached hydrogen (secondary N) is 1. The summed E-state index contributed by atoms with van der Waals surface area (Å²) in [7, 11) is 5.72. The van der Waals surface area contributed by atoms with Crippen LogP contribution in [0.25, 0.3) is 11.3 Å². The van der Waals surface area contributed by atoms with Crippen molar-refractivity contribution in [3.63, 3.8) is 0 Å². The smallest absolute Gasteiger partial charge is 0.321 e.